The highest BCUT2D eigenvalue weighted by molar-refractivity contribution is 6.04. The Labute approximate surface area is 118 Å². The molecule has 0 atom stereocenters. The zero-order chi connectivity index (χ0) is 14.8. The molecule has 3 amide bonds. The van der Waals surface area contributed by atoms with Gasteiger partial charge in [0, 0.05) is 25.9 Å². The van der Waals surface area contributed by atoms with Gasteiger partial charge in [0.1, 0.15) is 0 Å². The van der Waals surface area contributed by atoms with Crippen molar-refractivity contribution in [2.24, 2.45) is 11.1 Å². The maximum absolute atomic E-state index is 12.2. The molecule has 2 saturated heterocycles. The number of nitrogens with two attached hydrogens (primary N) is 1. The zero-order valence-electron chi connectivity index (χ0n) is 11.8. The standard InChI is InChI=1S/C13H21N3O4/c1-20-16-11(18)9-13(12(16)19)4-7-15(8-5-13)10(17)3-2-6-14/h2-9,14H2,1H3. The van der Waals surface area contributed by atoms with Gasteiger partial charge in [-0.3, -0.25) is 19.2 Å². The molecule has 2 heterocycles. The molecular weight excluding hydrogens is 262 g/mol. The van der Waals surface area contributed by atoms with Gasteiger partial charge in [0.15, 0.2) is 0 Å². The van der Waals surface area contributed by atoms with Crippen LogP contribution in [0.15, 0.2) is 0 Å². The second-order valence-corrected chi connectivity index (χ2v) is 5.41. The van der Waals surface area contributed by atoms with Gasteiger partial charge >= 0.3 is 0 Å². The van der Waals surface area contributed by atoms with Gasteiger partial charge in [-0.1, -0.05) is 0 Å². The summed E-state index contributed by atoms with van der Waals surface area (Å²) in [7, 11) is 1.32. The SMILES string of the molecule is CON1C(=O)CC2(CCN(C(=O)CCCN)CC2)C1=O. The van der Waals surface area contributed by atoms with E-state index in [-0.39, 0.29) is 24.1 Å². The number of hydroxylamine groups is 2. The average molecular weight is 283 g/mol. The molecule has 2 aliphatic heterocycles. The van der Waals surface area contributed by atoms with Crippen LogP contribution in [0.1, 0.15) is 32.1 Å². The summed E-state index contributed by atoms with van der Waals surface area (Å²) in [5.74, 6) is -0.481. The van der Waals surface area contributed by atoms with Crippen LogP contribution in [0, 0.1) is 5.41 Å². The van der Waals surface area contributed by atoms with E-state index in [1.54, 1.807) is 4.90 Å². The number of nitrogens with zero attached hydrogens (tertiary/aromatic N) is 2. The van der Waals surface area contributed by atoms with E-state index >= 15 is 0 Å². The Balaban J connectivity index is 1.96. The van der Waals surface area contributed by atoms with Crippen molar-refractivity contribution in [2.75, 3.05) is 26.7 Å². The van der Waals surface area contributed by atoms with Crippen LogP contribution < -0.4 is 5.73 Å². The minimum atomic E-state index is -0.669. The maximum atomic E-state index is 12.2. The first-order valence-electron chi connectivity index (χ1n) is 6.93. The van der Waals surface area contributed by atoms with Gasteiger partial charge in [0.25, 0.3) is 11.8 Å². The van der Waals surface area contributed by atoms with E-state index in [2.05, 4.69) is 0 Å². The smallest absolute Gasteiger partial charge is 0.260 e. The minimum absolute atomic E-state index is 0.0747. The molecule has 0 bridgehead atoms. The van der Waals surface area contributed by atoms with Crippen molar-refractivity contribution in [2.45, 2.75) is 32.1 Å². The molecule has 7 nitrogen and oxygen atoms in total. The number of carbonyl (C=O) groups is 3. The third-order valence-corrected chi connectivity index (χ3v) is 4.20. The van der Waals surface area contributed by atoms with Crippen LogP contribution in [0.25, 0.3) is 0 Å². The molecule has 112 valence electrons. The van der Waals surface area contributed by atoms with E-state index in [4.69, 9.17) is 10.6 Å². The lowest BCUT2D eigenvalue weighted by Gasteiger charge is -2.37. The van der Waals surface area contributed by atoms with Crippen molar-refractivity contribution >= 4 is 17.7 Å². The molecule has 0 aliphatic carbocycles. The highest BCUT2D eigenvalue weighted by Crippen LogP contribution is 2.42. The largest absolute Gasteiger partial charge is 0.343 e. The van der Waals surface area contributed by atoms with Crippen LogP contribution in [0.4, 0.5) is 0 Å². The topological polar surface area (TPSA) is 92.9 Å². The minimum Gasteiger partial charge on any atom is -0.343 e. The molecule has 20 heavy (non-hydrogen) atoms. The van der Waals surface area contributed by atoms with Crippen molar-refractivity contribution in [1.82, 2.24) is 9.96 Å². The summed E-state index contributed by atoms with van der Waals surface area (Å²) in [4.78, 5) is 42.5. The summed E-state index contributed by atoms with van der Waals surface area (Å²) in [6.07, 6.45) is 2.35. The lowest BCUT2D eigenvalue weighted by atomic mass is 9.77. The summed E-state index contributed by atoms with van der Waals surface area (Å²) >= 11 is 0. The molecule has 0 radical (unpaired) electrons. The van der Waals surface area contributed by atoms with Crippen molar-refractivity contribution in [3.05, 3.63) is 0 Å². The quantitative estimate of drug-likeness (QED) is 0.712. The Morgan fingerprint density at radius 1 is 1.35 bits per heavy atom. The molecule has 7 heteroatoms. The predicted molar refractivity (Wildman–Crippen MR) is 70.0 cm³/mol. The predicted octanol–water partition coefficient (Wildman–Crippen LogP) is -0.346. The van der Waals surface area contributed by atoms with Gasteiger partial charge in [-0.15, -0.1) is 0 Å². The number of hydrogen-bond donors (Lipinski definition) is 1. The summed E-state index contributed by atoms with van der Waals surface area (Å²) in [5.41, 5.74) is 4.72. The van der Waals surface area contributed by atoms with E-state index in [1.165, 1.54) is 7.11 Å². The maximum Gasteiger partial charge on any atom is 0.260 e. The first kappa shape index (κ1) is 14.9. The van der Waals surface area contributed by atoms with Crippen LogP contribution in [0.2, 0.25) is 0 Å². The van der Waals surface area contributed by atoms with Crippen LogP contribution in [0.5, 0.6) is 0 Å². The summed E-state index contributed by atoms with van der Waals surface area (Å²) in [6.45, 7) is 1.53. The molecule has 0 aromatic heterocycles. The summed E-state index contributed by atoms with van der Waals surface area (Å²) in [5, 5.41) is 0.853. The molecular formula is C13H21N3O4. The number of amides is 3. The molecule has 2 aliphatic rings. The summed E-state index contributed by atoms with van der Waals surface area (Å²) in [6, 6.07) is 0. The van der Waals surface area contributed by atoms with Gasteiger partial charge in [-0.05, 0) is 25.8 Å². The average Bonchev–Trinajstić information content (AvgIpc) is 2.68. The third kappa shape index (κ3) is 2.55. The zero-order valence-corrected chi connectivity index (χ0v) is 11.8. The molecule has 0 unspecified atom stereocenters. The van der Waals surface area contributed by atoms with E-state index in [1.807, 2.05) is 0 Å². The van der Waals surface area contributed by atoms with Crippen molar-refractivity contribution in [3.8, 4) is 0 Å². The van der Waals surface area contributed by atoms with Gasteiger partial charge in [-0.25, -0.2) is 0 Å². The second kappa shape index (κ2) is 5.88. The van der Waals surface area contributed by atoms with Crippen molar-refractivity contribution in [1.29, 1.82) is 0 Å². The fourth-order valence-corrected chi connectivity index (χ4v) is 2.94. The Kier molecular flexibility index (Phi) is 4.39. The van der Waals surface area contributed by atoms with E-state index in [9.17, 15) is 14.4 Å². The Hall–Kier alpha value is -1.47. The summed E-state index contributed by atoms with van der Waals surface area (Å²) < 4.78 is 0. The molecule has 0 aromatic rings. The van der Waals surface area contributed by atoms with E-state index in [0.29, 0.717) is 45.3 Å². The lowest BCUT2D eigenvalue weighted by molar-refractivity contribution is -0.183. The number of imide groups is 1. The molecule has 2 rings (SSSR count). The Morgan fingerprint density at radius 2 is 2.00 bits per heavy atom. The first-order chi connectivity index (χ1) is 9.54. The van der Waals surface area contributed by atoms with Crippen LogP contribution in [0.3, 0.4) is 0 Å². The third-order valence-electron chi connectivity index (χ3n) is 4.20. The number of rotatable bonds is 4. The number of likely N-dealkylation sites (tertiary alicyclic amines) is 1. The monoisotopic (exact) mass is 283 g/mol. The van der Waals surface area contributed by atoms with Gasteiger partial charge in [0.2, 0.25) is 5.91 Å². The Morgan fingerprint density at radius 3 is 2.50 bits per heavy atom. The molecule has 0 saturated carbocycles. The Bertz CT molecular complexity index is 416. The highest BCUT2D eigenvalue weighted by Gasteiger charge is 2.53. The van der Waals surface area contributed by atoms with Gasteiger partial charge in [-0.2, -0.15) is 5.06 Å². The van der Waals surface area contributed by atoms with E-state index < -0.39 is 5.41 Å². The van der Waals surface area contributed by atoms with Gasteiger partial charge < -0.3 is 10.6 Å². The lowest BCUT2D eigenvalue weighted by Crippen LogP contribution is -2.46. The van der Waals surface area contributed by atoms with Crippen LogP contribution >= 0.6 is 0 Å². The molecule has 1 spiro atoms. The van der Waals surface area contributed by atoms with Crippen LogP contribution in [-0.2, 0) is 19.2 Å². The van der Waals surface area contributed by atoms with Crippen LogP contribution in [-0.4, -0.2) is 54.4 Å². The number of piperidine rings is 1. The van der Waals surface area contributed by atoms with Crippen molar-refractivity contribution in [3.63, 3.8) is 0 Å². The number of hydrogen-bond acceptors (Lipinski definition) is 5. The second-order valence-electron chi connectivity index (χ2n) is 5.41. The molecule has 2 fully saturated rings. The van der Waals surface area contributed by atoms with E-state index in [0.717, 1.165) is 5.06 Å². The fraction of sp³-hybridized carbons (Fsp3) is 0.769. The van der Waals surface area contributed by atoms with Crippen molar-refractivity contribution < 1.29 is 19.2 Å². The highest BCUT2D eigenvalue weighted by atomic mass is 16.7. The number of carbonyl (C=O) groups excluding carboxylic acids is 3. The normalized spacial score (nSPS) is 21.9. The molecule has 0 aromatic carbocycles. The first-order valence-corrected chi connectivity index (χ1v) is 6.93. The fourth-order valence-electron chi connectivity index (χ4n) is 2.94. The molecule has 2 N–H and O–H groups in total. The van der Waals surface area contributed by atoms with Gasteiger partial charge in [0.05, 0.1) is 12.5 Å².